The number of hydrogen-bond donors (Lipinski definition) is 2. The zero-order valence-electron chi connectivity index (χ0n) is 9.33. The van der Waals surface area contributed by atoms with Crippen LogP contribution in [0.3, 0.4) is 0 Å². The predicted octanol–water partition coefficient (Wildman–Crippen LogP) is 1.81. The second kappa shape index (κ2) is 6.19. The summed E-state index contributed by atoms with van der Waals surface area (Å²) in [6, 6.07) is 7.27. The summed E-state index contributed by atoms with van der Waals surface area (Å²) in [5.41, 5.74) is 1.69. The Kier molecular flexibility index (Phi) is 4.84. The van der Waals surface area contributed by atoms with Crippen molar-refractivity contribution in [1.82, 2.24) is 5.32 Å². The maximum Gasteiger partial charge on any atom is 0.124 e. The van der Waals surface area contributed by atoms with Crippen LogP contribution in [0.5, 0.6) is 5.75 Å². The molecule has 15 heavy (non-hydrogen) atoms. The van der Waals surface area contributed by atoms with Crippen molar-refractivity contribution in [3.8, 4) is 5.75 Å². The number of likely N-dealkylation sites (N-methyl/N-ethyl adjacent to an activating group) is 1. The monoisotopic (exact) mass is 206 g/mol. The summed E-state index contributed by atoms with van der Waals surface area (Å²) < 4.78 is 0. The Balaban J connectivity index is 2.60. The number of benzene rings is 1. The Hall–Kier alpha value is -1.35. The van der Waals surface area contributed by atoms with Gasteiger partial charge in [-0.2, -0.15) is 0 Å². The summed E-state index contributed by atoms with van der Waals surface area (Å²) >= 11 is 0. The van der Waals surface area contributed by atoms with Crippen LogP contribution in [0.4, 0.5) is 0 Å². The van der Waals surface area contributed by atoms with Gasteiger partial charge in [-0.25, -0.2) is 0 Å². The number of para-hydroxylation sites is 1. The van der Waals surface area contributed by atoms with Gasteiger partial charge in [0.25, 0.3) is 0 Å². The van der Waals surface area contributed by atoms with Crippen molar-refractivity contribution in [1.29, 1.82) is 0 Å². The normalized spacial score (nSPS) is 11.7. The summed E-state index contributed by atoms with van der Waals surface area (Å²) in [7, 11) is 0. The lowest BCUT2D eigenvalue weighted by atomic mass is 10.1. The number of hydrogen-bond acceptors (Lipinski definition) is 3. The summed E-state index contributed by atoms with van der Waals surface area (Å²) in [6.07, 6.45) is 0. The van der Waals surface area contributed by atoms with E-state index < -0.39 is 0 Å². The van der Waals surface area contributed by atoms with E-state index in [9.17, 15) is 5.11 Å². The molecule has 0 aromatic heterocycles. The van der Waals surface area contributed by atoms with Crippen molar-refractivity contribution in [2.75, 3.05) is 19.6 Å². The molecule has 0 aliphatic carbocycles. The van der Waals surface area contributed by atoms with Crippen LogP contribution in [0.1, 0.15) is 19.4 Å². The molecule has 2 N–H and O–H groups in total. The number of phenols is 1. The van der Waals surface area contributed by atoms with Crippen LogP contribution < -0.4 is 5.32 Å². The van der Waals surface area contributed by atoms with Crippen LogP contribution in [0.25, 0.3) is 0 Å². The zero-order chi connectivity index (χ0) is 11.1. The van der Waals surface area contributed by atoms with Crippen LogP contribution in [-0.4, -0.2) is 30.5 Å². The predicted molar refractivity (Wildman–Crippen MR) is 63.7 cm³/mol. The minimum Gasteiger partial charge on any atom is -0.507 e. The van der Waals surface area contributed by atoms with Crippen LogP contribution in [0.2, 0.25) is 0 Å². The average molecular weight is 206 g/mol. The molecule has 0 spiro atoms. The van der Waals surface area contributed by atoms with Gasteiger partial charge in [-0.1, -0.05) is 19.1 Å². The molecule has 0 radical (unpaired) electrons. The summed E-state index contributed by atoms with van der Waals surface area (Å²) in [5, 5.41) is 12.8. The van der Waals surface area contributed by atoms with Gasteiger partial charge < -0.3 is 10.4 Å². The minimum atomic E-state index is 0.294. The van der Waals surface area contributed by atoms with E-state index in [0.29, 0.717) is 5.75 Å². The van der Waals surface area contributed by atoms with E-state index in [-0.39, 0.29) is 0 Å². The lowest BCUT2D eigenvalue weighted by Gasteiger charge is -2.04. The minimum absolute atomic E-state index is 0.294. The fourth-order valence-electron chi connectivity index (χ4n) is 1.34. The van der Waals surface area contributed by atoms with Crippen molar-refractivity contribution in [2.24, 2.45) is 4.99 Å². The molecule has 0 unspecified atom stereocenters. The van der Waals surface area contributed by atoms with Crippen molar-refractivity contribution < 1.29 is 5.11 Å². The zero-order valence-corrected chi connectivity index (χ0v) is 9.33. The third kappa shape index (κ3) is 3.72. The first-order valence-electron chi connectivity index (χ1n) is 5.26. The highest BCUT2D eigenvalue weighted by Gasteiger charge is 2.01. The molecule has 0 bridgehead atoms. The summed E-state index contributed by atoms with van der Waals surface area (Å²) in [5.74, 6) is 0.294. The number of phenolic OH excluding ortho intramolecular Hbond substituents is 1. The van der Waals surface area contributed by atoms with Crippen LogP contribution in [0.15, 0.2) is 29.3 Å². The number of aliphatic imine (C=N–C) groups is 1. The molecular formula is C12H18N2O. The van der Waals surface area contributed by atoms with Crippen LogP contribution >= 0.6 is 0 Å². The highest BCUT2D eigenvalue weighted by Crippen LogP contribution is 2.16. The smallest absolute Gasteiger partial charge is 0.124 e. The Labute approximate surface area is 90.9 Å². The van der Waals surface area contributed by atoms with E-state index in [2.05, 4.69) is 17.2 Å². The molecule has 3 heteroatoms. The first kappa shape index (κ1) is 11.7. The molecule has 1 aromatic carbocycles. The van der Waals surface area contributed by atoms with E-state index in [4.69, 9.17) is 0 Å². The van der Waals surface area contributed by atoms with Gasteiger partial charge in [-0.3, -0.25) is 4.99 Å². The standard InChI is InChI=1S/C12H18N2O/c1-3-13-8-9-14-10(2)11-6-4-5-7-12(11)15/h4-7,13,15H,3,8-9H2,1-2H3. The average Bonchev–Trinajstić information content (AvgIpc) is 2.25. The molecule has 0 saturated carbocycles. The lowest BCUT2D eigenvalue weighted by molar-refractivity contribution is 0.474. The third-order valence-corrected chi connectivity index (χ3v) is 2.18. The Morgan fingerprint density at radius 3 is 2.80 bits per heavy atom. The maximum atomic E-state index is 9.59. The van der Waals surface area contributed by atoms with Gasteiger partial charge in [0.1, 0.15) is 5.75 Å². The van der Waals surface area contributed by atoms with Gasteiger partial charge in [0.15, 0.2) is 0 Å². The van der Waals surface area contributed by atoms with E-state index in [1.165, 1.54) is 0 Å². The van der Waals surface area contributed by atoms with Crippen molar-refractivity contribution in [3.05, 3.63) is 29.8 Å². The third-order valence-electron chi connectivity index (χ3n) is 2.18. The highest BCUT2D eigenvalue weighted by molar-refractivity contribution is 6.00. The molecule has 82 valence electrons. The Bertz CT molecular complexity index is 334. The Morgan fingerprint density at radius 2 is 2.13 bits per heavy atom. The van der Waals surface area contributed by atoms with Crippen LogP contribution in [-0.2, 0) is 0 Å². The molecule has 1 aromatic rings. The van der Waals surface area contributed by atoms with Crippen LogP contribution in [0, 0.1) is 0 Å². The van der Waals surface area contributed by atoms with E-state index >= 15 is 0 Å². The molecular weight excluding hydrogens is 188 g/mol. The Morgan fingerprint density at radius 1 is 1.40 bits per heavy atom. The number of nitrogens with zero attached hydrogens (tertiary/aromatic N) is 1. The van der Waals surface area contributed by atoms with Gasteiger partial charge in [0.2, 0.25) is 0 Å². The van der Waals surface area contributed by atoms with Gasteiger partial charge in [0.05, 0.1) is 6.54 Å². The SMILES string of the molecule is CCNCCN=C(C)c1ccccc1O. The maximum absolute atomic E-state index is 9.59. The molecule has 0 aliphatic rings. The molecule has 3 nitrogen and oxygen atoms in total. The summed E-state index contributed by atoms with van der Waals surface area (Å²) in [6.45, 7) is 6.57. The van der Waals surface area contributed by atoms with Gasteiger partial charge in [-0.05, 0) is 25.6 Å². The van der Waals surface area contributed by atoms with E-state index in [1.807, 2.05) is 25.1 Å². The second-order valence-corrected chi connectivity index (χ2v) is 3.34. The van der Waals surface area contributed by atoms with Gasteiger partial charge in [0, 0.05) is 17.8 Å². The first-order chi connectivity index (χ1) is 7.25. The van der Waals surface area contributed by atoms with E-state index in [1.54, 1.807) is 6.07 Å². The molecule has 0 atom stereocenters. The molecule has 0 heterocycles. The topological polar surface area (TPSA) is 44.6 Å². The summed E-state index contributed by atoms with van der Waals surface area (Å²) in [4.78, 5) is 4.39. The largest absolute Gasteiger partial charge is 0.507 e. The fourth-order valence-corrected chi connectivity index (χ4v) is 1.34. The quantitative estimate of drug-likeness (QED) is 0.570. The second-order valence-electron chi connectivity index (χ2n) is 3.34. The number of nitrogens with one attached hydrogen (secondary N) is 1. The van der Waals surface area contributed by atoms with Gasteiger partial charge in [-0.15, -0.1) is 0 Å². The first-order valence-corrected chi connectivity index (χ1v) is 5.26. The number of aromatic hydroxyl groups is 1. The van der Waals surface area contributed by atoms with Gasteiger partial charge >= 0.3 is 0 Å². The van der Waals surface area contributed by atoms with Crippen molar-refractivity contribution in [3.63, 3.8) is 0 Å². The molecule has 0 fully saturated rings. The fraction of sp³-hybridized carbons (Fsp3) is 0.417. The molecule has 0 saturated heterocycles. The van der Waals surface area contributed by atoms with E-state index in [0.717, 1.165) is 30.9 Å². The lowest BCUT2D eigenvalue weighted by Crippen LogP contribution is -2.17. The highest BCUT2D eigenvalue weighted by atomic mass is 16.3. The number of rotatable bonds is 5. The van der Waals surface area contributed by atoms with Crippen molar-refractivity contribution in [2.45, 2.75) is 13.8 Å². The molecule has 1 rings (SSSR count). The molecule has 0 aliphatic heterocycles. The van der Waals surface area contributed by atoms with Crippen molar-refractivity contribution >= 4 is 5.71 Å². The molecule has 0 amide bonds.